The average molecular weight is 377 g/mol. The van der Waals surface area contributed by atoms with Gasteiger partial charge in [-0.25, -0.2) is 0 Å². The number of hydrogen-bond donors (Lipinski definition) is 2. The lowest BCUT2D eigenvalue weighted by atomic mass is 9.53. The lowest BCUT2D eigenvalue weighted by molar-refractivity contribution is -0.116. The molecule has 0 unspecified atom stereocenters. The summed E-state index contributed by atoms with van der Waals surface area (Å²) >= 11 is 3.46. The van der Waals surface area contributed by atoms with E-state index in [2.05, 4.69) is 26.6 Å². The minimum atomic E-state index is 0.0752. The first-order chi connectivity index (χ1) is 11.0. The molecular formula is C19H25BrN2O. The molecule has 4 bridgehead atoms. The fourth-order valence-corrected chi connectivity index (χ4v) is 6.03. The number of hydrogen-bond acceptors (Lipinski definition) is 2. The van der Waals surface area contributed by atoms with Crippen molar-refractivity contribution in [2.75, 3.05) is 11.9 Å². The number of aryl methyl sites for hydroxylation is 1. The summed E-state index contributed by atoms with van der Waals surface area (Å²) in [6, 6.07) is 5.96. The molecular weight excluding hydrogens is 352 g/mol. The third-order valence-electron chi connectivity index (χ3n) is 6.12. The maximum Gasteiger partial charge on any atom is 0.238 e. The maximum absolute atomic E-state index is 12.4. The quantitative estimate of drug-likeness (QED) is 0.824. The highest BCUT2D eigenvalue weighted by atomic mass is 79.9. The number of carbonyl (C=O) groups excluding carboxylic acids is 1. The van der Waals surface area contributed by atoms with Crippen molar-refractivity contribution in [1.82, 2.24) is 5.32 Å². The second-order valence-corrected chi connectivity index (χ2v) is 8.97. The number of carbonyl (C=O) groups is 1. The third-order valence-corrected chi connectivity index (χ3v) is 6.62. The molecule has 2 N–H and O–H groups in total. The smallest absolute Gasteiger partial charge is 0.238 e. The van der Waals surface area contributed by atoms with Crippen molar-refractivity contribution >= 4 is 27.5 Å². The van der Waals surface area contributed by atoms with Crippen molar-refractivity contribution in [3.05, 3.63) is 28.2 Å². The van der Waals surface area contributed by atoms with Crippen LogP contribution in [0.2, 0.25) is 0 Å². The highest BCUT2D eigenvalue weighted by molar-refractivity contribution is 9.10. The number of halogens is 1. The molecule has 4 aliphatic carbocycles. The fraction of sp³-hybridized carbons (Fsp3) is 0.632. The molecule has 1 aromatic carbocycles. The predicted octanol–water partition coefficient (Wildman–Crippen LogP) is 4.25. The van der Waals surface area contributed by atoms with Crippen LogP contribution in [0.1, 0.15) is 44.1 Å². The Bertz CT molecular complexity index is 593. The predicted molar refractivity (Wildman–Crippen MR) is 96.4 cm³/mol. The summed E-state index contributed by atoms with van der Waals surface area (Å²) in [5.74, 6) is 2.80. The zero-order valence-electron chi connectivity index (χ0n) is 13.7. The van der Waals surface area contributed by atoms with Crippen molar-refractivity contribution in [3.63, 3.8) is 0 Å². The lowest BCUT2D eigenvalue weighted by Gasteiger charge is -2.57. The molecule has 3 nitrogen and oxygen atoms in total. The summed E-state index contributed by atoms with van der Waals surface area (Å²) in [6.45, 7) is 2.45. The lowest BCUT2D eigenvalue weighted by Crippen LogP contribution is -2.59. The third kappa shape index (κ3) is 3.20. The molecule has 0 heterocycles. The van der Waals surface area contributed by atoms with Crippen molar-refractivity contribution in [2.24, 2.45) is 17.8 Å². The van der Waals surface area contributed by atoms with Crippen molar-refractivity contribution in [1.29, 1.82) is 0 Å². The molecule has 124 valence electrons. The minimum absolute atomic E-state index is 0.0752. The molecule has 23 heavy (non-hydrogen) atoms. The Hall–Kier alpha value is -0.870. The van der Waals surface area contributed by atoms with Gasteiger partial charge in [0.25, 0.3) is 0 Å². The van der Waals surface area contributed by atoms with E-state index in [1.54, 1.807) is 0 Å². The molecule has 4 heteroatoms. The summed E-state index contributed by atoms with van der Waals surface area (Å²) in [5.41, 5.74) is 2.24. The summed E-state index contributed by atoms with van der Waals surface area (Å²) in [5, 5.41) is 6.70. The molecule has 0 spiro atoms. The zero-order chi connectivity index (χ0) is 16.0. The first kappa shape index (κ1) is 15.6. The molecule has 4 aliphatic rings. The maximum atomic E-state index is 12.4. The standard InChI is InChI=1S/C19H25BrN2O/c1-12-4-16(20)2-3-17(12)22-18(23)11-21-19-8-13-5-14(9-19)7-15(6-13)10-19/h2-4,13-15,21H,5-11H2,1H3,(H,22,23). The van der Waals surface area contributed by atoms with Crippen molar-refractivity contribution in [3.8, 4) is 0 Å². The highest BCUT2D eigenvalue weighted by Gasteiger charge is 2.50. The van der Waals surface area contributed by atoms with Gasteiger partial charge in [-0.05, 0) is 87.0 Å². The van der Waals surface area contributed by atoms with Crippen LogP contribution in [0.25, 0.3) is 0 Å². The van der Waals surface area contributed by atoms with E-state index in [1.165, 1.54) is 38.5 Å². The summed E-state index contributed by atoms with van der Waals surface area (Å²) < 4.78 is 1.04. The van der Waals surface area contributed by atoms with Gasteiger partial charge in [0.2, 0.25) is 5.91 Å². The Labute approximate surface area is 146 Å². The van der Waals surface area contributed by atoms with Gasteiger partial charge in [-0.2, -0.15) is 0 Å². The van der Waals surface area contributed by atoms with Crippen LogP contribution in [-0.2, 0) is 4.79 Å². The first-order valence-corrected chi connectivity index (χ1v) is 9.62. The van der Waals surface area contributed by atoms with Crippen LogP contribution in [0.3, 0.4) is 0 Å². The Balaban J connectivity index is 1.36. The Kier molecular flexibility index (Phi) is 4.01. The van der Waals surface area contributed by atoms with Crippen molar-refractivity contribution < 1.29 is 4.79 Å². The van der Waals surface area contributed by atoms with E-state index >= 15 is 0 Å². The molecule has 0 aliphatic heterocycles. The SMILES string of the molecule is Cc1cc(Br)ccc1NC(=O)CNC12CC3CC(CC(C3)C1)C2. The van der Waals surface area contributed by atoms with Gasteiger partial charge in [0.05, 0.1) is 6.54 Å². The van der Waals surface area contributed by atoms with Gasteiger partial charge in [0.1, 0.15) is 0 Å². The van der Waals surface area contributed by atoms with Crippen LogP contribution in [0, 0.1) is 24.7 Å². The van der Waals surface area contributed by atoms with E-state index in [-0.39, 0.29) is 11.4 Å². The van der Waals surface area contributed by atoms with E-state index in [9.17, 15) is 4.79 Å². The van der Waals surface area contributed by atoms with Crippen LogP contribution in [0.4, 0.5) is 5.69 Å². The number of rotatable bonds is 4. The zero-order valence-corrected chi connectivity index (χ0v) is 15.3. The van der Waals surface area contributed by atoms with Crippen molar-refractivity contribution in [2.45, 2.75) is 51.0 Å². The van der Waals surface area contributed by atoms with Crippen LogP contribution in [-0.4, -0.2) is 18.0 Å². The largest absolute Gasteiger partial charge is 0.325 e. The van der Waals surface area contributed by atoms with Gasteiger partial charge in [-0.1, -0.05) is 15.9 Å². The average Bonchev–Trinajstić information content (AvgIpc) is 2.47. The molecule has 1 amide bonds. The van der Waals surface area contributed by atoms with Gasteiger partial charge in [-0.3, -0.25) is 4.79 Å². The van der Waals surface area contributed by atoms with E-state index in [4.69, 9.17) is 0 Å². The van der Waals surface area contributed by atoms with Crippen LogP contribution >= 0.6 is 15.9 Å². The summed E-state index contributed by atoms with van der Waals surface area (Å²) in [6.07, 6.45) is 8.15. The Morgan fingerprint density at radius 3 is 2.35 bits per heavy atom. The molecule has 0 atom stereocenters. The van der Waals surface area contributed by atoms with Crippen LogP contribution in [0.15, 0.2) is 22.7 Å². The number of nitrogens with one attached hydrogen (secondary N) is 2. The fourth-order valence-electron chi connectivity index (χ4n) is 5.56. The number of anilines is 1. The Morgan fingerprint density at radius 1 is 1.17 bits per heavy atom. The molecule has 1 aromatic rings. The summed E-state index contributed by atoms with van der Waals surface area (Å²) in [4.78, 5) is 12.4. The molecule has 0 radical (unpaired) electrons. The number of benzene rings is 1. The van der Waals surface area contributed by atoms with Gasteiger partial charge in [-0.15, -0.1) is 0 Å². The second-order valence-electron chi connectivity index (χ2n) is 8.06. The second kappa shape index (κ2) is 5.89. The van der Waals surface area contributed by atoms with Gasteiger partial charge in [0, 0.05) is 15.7 Å². The van der Waals surface area contributed by atoms with E-state index < -0.39 is 0 Å². The highest BCUT2D eigenvalue weighted by Crippen LogP contribution is 2.55. The van der Waals surface area contributed by atoms with Crippen LogP contribution in [0.5, 0.6) is 0 Å². The molecule has 4 fully saturated rings. The van der Waals surface area contributed by atoms with Gasteiger partial charge >= 0.3 is 0 Å². The Morgan fingerprint density at radius 2 is 1.78 bits per heavy atom. The normalized spacial score (nSPS) is 34.6. The number of amides is 1. The molecule has 0 saturated heterocycles. The van der Waals surface area contributed by atoms with E-state index in [0.29, 0.717) is 6.54 Å². The van der Waals surface area contributed by atoms with E-state index in [1.807, 2.05) is 25.1 Å². The van der Waals surface area contributed by atoms with E-state index in [0.717, 1.165) is 33.5 Å². The summed E-state index contributed by atoms with van der Waals surface area (Å²) in [7, 11) is 0. The molecule has 0 aromatic heterocycles. The minimum Gasteiger partial charge on any atom is -0.325 e. The molecule has 4 saturated carbocycles. The van der Waals surface area contributed by atoms with Gasteiger partial charge in [0.15, 0.2) is 0 Å². The monoisotopic (exact) mass is 376 g/mol. The topological polar surface area (TPSA) is 41.1 Å². The first-order valence-electron chi connectivity index (χ1n) is 8.82. The van der Waals surface area contributed by atoms with Gasteiger partial charge < -0.3 is 10.6 Å². The van der Waals surface area contributed by atoms with Crippen LogP contribution < -0.4 is 10.6 Å². The molecule has 5 rings (SSSR count).